The number of hydrogen-bond acceptors (Lipinski definition) is 3. The van der Waals surface area contributed by atoms with Crippen LogP contribution in [0.1, 0.15) is 27.0 Å². The average molecular weight is 358 g/mol. The maximum absolute atomic E-state index is 12.3. The van der Waals surface area contributed by atoms with Crippen molar-refractivity contribution < 1.29 is 14.3 Å². The van der Waals surface area contributed by atoms with Gasteiger partial charge in [0.15, 0.2) is 5.78 Å². The fourth-order valence-corrected chi connectivity index (χ4v) is 2.68. The number of ketones is 1. The zero-order chi connectivity index (χ0) is 19.1. The maximum atomic E-state index is 12.3. The normalized spacial score (nSPS) is 10.7. The van der Waals surface area contributed by atoms with Crippen LogP contribution in [-0.4, -0.2) is 12.9 Å². The largest absolute Gasteiger partial charge is 0.496 e. The minimum atomic E-state index is -0.0205. The minimum Gasteiger partial charge on any atom is -0.496 e. The molecule has 0 radical (unpaired) electrons. The Kier molecular flexibility index (Phi) is 6.06. The van der Waals surface area contributed by atoms with Gasteiger partial charge in [-0.25, -0.2) is 0 Å². The van der Waals surface area contributed by atoms with Crippen molar-refractivity contribution in [1.29, 1.82) is 0 Å². The van der Waals surface area contributed by atoms with Crippen LogP contribution < -0.4 is 9.47 Å². The van der Waals surface area contributed by atoms with E-state index >= 15 is 0 Å². The molecule has 0 aliphatic rings. The summed E-state index contributed by atoms with van der Waals surface area (Å²) in [5.41, 5.74) is 3.65. The molecule has 3 aromatic carbocycles. The third kappa shape index (κ3) is 5.08. The second-order valence-corrected chi connectivity index (χ2v) is 6.24. The van der Waals surface area contributed by atoms with Crippen molar-refractivity contribution in [2.45, 2.75) is 13.5 Å². The van der Waals surface area contributed by atoms with E-state index in [2.05, 4.69) is 0 Å². The highest BCUT2D eigenvalue weighted by molar-refractivity contribution is 6.06. The fraction of sp³-hybridized carbons (Fsp3) is 0.125. The van der Waals surface area contributed by atoms with Gasteiger partial charge in [0.25, 0.3) is 0 Å². The monoisotopic (exact) mass is 358 g/mol. The molecule has 3 rings (SSSR count). The van der Waals surface area contributed by atoms with Crippen LogP contribution in [0, 0.1) is 6.92 Å². The number of ether oxygens (including phenoxy) is 2. The highest BCUT2D eigenvalue weighted by Gasteiger charge is 2.06. The Morgan fingerprint density at radius 1 is 0.963 bits per heavy atom. The predicted molar refractivity (Wildman–Crippen MR) is 108 cm³/mol. The fourth-order valence-electron chi connectivity index (χ4n) is 2.68. The predicted octanol–water partition coefficient (Wildman–Crippen LogP) is 5.48. The summed E-state index contributed by atoms with van der Waals surface area (Å²) in [4.78, 5) is 12.3. The molecule has 0 N–H and O–H groups in total. The van der Waals surface area contributed by atoms with Crippen molar-refractivity contribution in [3.63, 3.8) is 0 Å². The van der Waals surface area contributed by atoms with Gasteiger partial charge in [-0.05, 0) is 42.8 Å². The Bertz CT molecular complexity index is 926. The minimum absolute atomic E-state index is 0.0205. The lowest BCUT2D eigenvalue weighted by Gasteiger charge is -2.11. The van der Waals surface area contributed by atoms with Crippen LogP contribution in [-0.2, 0) is 6.61 Å². The van der Waals surface area contributed by atoms with Gasteiger partial charge in [0.1, 0.15) is 18.1 Å². The zero-order valence-corrected chi connectivity index (χ0v) is 15.5. The molecule has 0 saturated carbocycles. The van der Waals surface area contributed by atoms with Crippen molar-refractivity contribution >= 4 is 11.9 Å². The van der Waals surface area contributed by atoms with Crippen LogP contribution in [0.15, 0.2) is 78.9 Å². The molecule has 0 aliphatic carbocycles. The van der Waals surface area contributed by atoms with Gasteiger partial charge in [0.2, 0.25) is 0 Å². The first-order valence-electron chi connectivity index (χ1n) is 8.79. The first kappa shape index (κ1) is 18.5. The molecule has 0 saturated heterocycles. The van der Waals surface area contributed by atoms with E-state index in [0.717, 1.165) is 28.2 Å². The van der Waals surface area contributed by atoms with Crippen molar-refractivity contribution in [3.8, 4) is 11.5 Å². The molecule has 27 heavy (non-hydrogen) atoms. The average Bonchev–Trinajstić information content (AvgIpc) is 2.71. The Labute approximate surface area is 159 Å². The molecular weight excluding hydrogens is 336 g/mol. The zero-order valence-electron chi connectivity index (χ0n) is 15.5. The summed E-state index contributed by atoms with van der Waals surface area (Å²) in [7, 11) is 1.64. The van der Waals surface area contributed by atoms with Crippen LogP contribution in [0.25, 0.3) is 6.08 Å². The lowest BCUT2D eigenvalue weighted by molar-refractivity contribution is 0.104. The molecular formula is C24H22O3. The van der Waals surface area contributed by atoms with E-state index in [0.29, 0.717) is 12.2 Å². The second kappa shape index (κ2) is 8.86. The lowest BCUT2D eigenvalue weighted by Crippen LogP contribution is -1.99. The molecule has 0 spiro atoms. The van der Waals surface area contributed by atoms with Gasteiger partial charge in [-0.2, -0.15) is 0 Å². The summed E-state index contributed by atoms with van der Waals surface area (Å²) in [5, 5.41) is 0. The van der Waals surface area contributed by atoms with E-state index in [-0.39, 0.29) is 5.78 Å². The van der Waals surface area contributed by atoms with Gasteiger partial charge >= 0.3 is 0 Å². The lowest BCUT2D eigenvalue weighted by atomic mass is 10.1. The molecule has 0 unspecified atom stereocenters. The summed E-state index contributed by atoms with van der Waals surface area (Å²) in [6, 6.07) is 23.0. The van der Waals surface area contributed by atoms with Crippen LogP contribution in [0.4, 0.5) is 0 Å². The molecule has 0 aliphatic heterocycles. The molecule has 3 heteroatoms. The van der Waals surface area contributed by atoms with E-state index in [1.807, 2.05) is 85.8 Å². The van der Waals surface area contributed by atoms with Crippen molar-refractivity contribution in [1.82, 2.24) is 0 Å². The van der Waals surface area contributed by atoms with Crippen molar-refractivity contribution in [2.24, 2.45) is 0 Å². The molecule has 136 valence electrons. The van der Waals surface area contributed by atoms with E-state index in [4.69, 9.17) is 9.47 Å². The molecule has 0 amide bonds. The maximum Gasteiger partial charge on any atom is 0.185 e. The van der Waals surface area contributed by atoms with Crippen LogP contribution in [0.2, 0.25) is 0 Å². The summed E-state index contributed by atoms with van der Waals surface area (Å²) < 4.78 is 11.2. The number of rotatable bonds is 7. The molecule has 0 bridgehead atoms. The number of methoxy groups -OCH3 is 1. The summed E-state index contributed by atoms with van der Waals surface area (Å²) in [6.07, 6.45) is 3.40. The summed E-state index contributed by atoms with van der Waals surface area (Å²) in [6.45, 7) is 2.39. The number of aryl methyl sites for hydroxylation is 1. The first-order chi connectivity index (χ1) is 13.2. The van der Waals surface area contributed by atoms with Crippen LogP contribution in [0.5, 0.6) is 11.5 Å². The Morgan fingerprint density at radius 3 is 2.41 bits per heavy atom. The third-order valence-electron chi connectivity index (χ3n) is 4.21. The topological polar surface area (TPSA) is 35.5 Å². The Balaban J connectivity index is 1.73. The molecule has 0 aromatic heterocycles. The van der Waals surface area contributed by atoms with E-state index in [9.17, 15) is 4.79 Å². The number of allylic oxidation sites excluding steroid dienone is 1. The number of para-hydroxylation sites is 1. The van der Waals surface area contributed by atoms with E-state index in [1.54, 1.807) is 13.2 Å². The summed E-state index contributed by atoms with van der Waals surface area (Å²) >= 11 is 0. The summed E-state index contributed by atoms with van der Waals surface area (Å²) in [5.74, 6) is 1.54. The highest BCUT2D eigenvalue weighted by Crippen LogP contribution is 2.23. The Hall–Kier alpha value is -3.33. The second-order valence-electron chi connectivity index (χ2n) is 6.24. The van der Waals surface area contributed by atoms with Gasteiger partial charge in [-0.3, -0.25) is 4.79 Å². The van der Waals surface area contributed by atoms with Gasteiger partial charge in [-0.15, -0.1) is 0 Å². The van der Waals surface area contributed by atoms with Gasteiger partial charge < -0.3 is 9.47 Å². The van der Waals surface area contributed by atoms with Crippen molar-refractivity contribution in [3.05, 3.63) is 101 Å². The highest BCUT2D eigenvalue weighted by atomic mass is 16.5. The number of carbonyl (C=O) groups excluding carboxylic acids is 1. The molecule has 3 aromatic rings. The van der Waals surface area contributed by atoms with Gasteiger partial charge in [0, 0.05) is 11.1 Å². The Morgan fingerprint density at radius 2 is 1.70 bits per heavy atom. The SMILES string of the molecule is COc1ccc(C=CC(=O)c2ccc(C)cc2)cc1COc1ccccc1. The third-order valence-corrected chi connectivity index (χ3v) is 4.21. The number of hydrogen-bond donors (Lipinski definition) is 0. The van der Waals surface area contributed by atoms with E-state index in [1.165, 1.54) is 0 Å². The smallest absolute Gasteiger partial charge is 0.185 e. The molecule has 0 heterocycles. The number of carbonyl (C=O) groups is 1. The van der Waals surface area contributed by atoms with Gasteiger partial charge in [-0.1, -0.05) is 60.2 Å². The number of benzene rings is 3. The van der Waals surface area contributed by atoms with Crippen LogP contribution in [0.3, 0.4) is 0 Å². The molecule has 0 fully saturated rings. The van der Waals surface area contributed by atoms with Crippen molar-refractivity contribution in [2.75, 3.05) is 7.11 Å². The molecule has 0 atom stereocenters. The quantitative estimate of drug-likeness (QED) is 0.414. The van der Waals surface area contributed by atoms with E-state index < -0.39 is 0 Å². The standard InChI is InChI=1S/C24H22O3/c1-18-8-12-20(13-9-18)23(25)14-10-19-11-15-24(26-2)21(16-19)17-27-22-6-4-3-5-7-22/h3-16H,17H2,1-2H3. The molecule has 3 nitrogen and oxygen atoms in total. The van der Waals surface area contributed by atoms with Gasteiger partial charge in [0.05, 0.1) is 7.11 Å². The van der Waals surface area contributed by atoms with Crippen LogP contribution >= 0.6 is 0 Å². The first-order valence-corrected chi connectivity index (χ1v) is 8.79.